The molecule has 2 saturated heterocycles. The Hall–Kier alpha value is -1.99. The van der Waals surface area contributed by atoms with E-state index in [0.29, 0.717) is 31.5 Å². The molecular formula is C21H31N5O2. The molecule has 1 amide bonds. The summed E-state index contributed by atoms with van der Waals surface area (Å²) in [6.07, 6.45) is 5.05. The number of hydrogen-bond acceptors (Lipinski definition) is 6. The van der Waals surface area contributed by atoms with Gasteiger partial charge in [-0.05, 0) is 44.9 Å². The molecule has 7 nitrogen and oxygen atoms in total. The molecule has 1 unspecified atom stereocenters. The molecule has 1 aromatic rings. The summed E-state index contributed by atoms with van der Waals surface area (Å²) in [5.41, 5.74) is 3.35. The number of carbonyl (C=O) groups excluding carboxylic acids is 1. The van der Waals surface area contributed by atoms with E-state index in [1.807, 2.05) is 17.2 Å². The van der Waals surface area contributed by atoms with Gasteiger partial charge in [0.25, 0.3) is 0 Å². The first-order valence-electron chi connectivity index (χ1n) is 10.5. The van der Waals surface area contributed by atoms with Gasteiger partial charge in [0.15, 0.2) is 0 Å². The molecule has 0 spiro atoms. The van der Waals surface area contributed by atoms with E-state index < -0.39 is 0 Å². The molecule has 0 radical (unpaired) electrons. The van der Waals surface area contributed by atoms with E-state index in [0.717, 1.165) is 62.8 Å². The molecule has 0 aliphatic carbocycles. The fraction of sp³-hybridized carbons (Fsp3) is 0.667. The van der Waals surface area contributed by atoms with Crippen LogP contribution >= 0.6 is 0 Å². The molecule has 1 atom stereocenters. The number of nitrogens with zero attached hydrogens (tertiary/aromatic N) is 4. The Morgan fingerprint density at radius 2 is 2.14 bits per heavy atom. The molecule has 2 fully saturated rings. The van der Waals surface area contributed by atoms with Crippen molar-refractivity contribution in [2.45, 2.75) is 51.2 Å². The van der Waals surface area contributed by atoms with E-state index in [-0.39, 0.29) is 5.91 Å². The quantitative estimate of drug-likeness (QED) is 0.839. The van der Waals surface area contributed by atoms with Gasteiger partial charge in [-0.2, -0.15) is 0 Å². The third-order valence-corrected chi connectivity index (χ3v) is 6.22. The first kappa shape index (κ1) is 19.3. The molecule has 0 aromatic carbocycles. The number of anilines is 1. The fourth-order valence-electron chi connectivity index (χ4n) is 4.22. The summed E-state index contributed by atoms with van der Waals surface area (Å²) in [6, 6.07) is 2.86. The second-order valence-corrected chi connectivity index (χ2v) is 8.16. The van der Waals surface area contributed by atoms with Crippen molar-refractivity contribution < 1.29 is 9.53 Å². The lowest BCUT2D eigenvalue weighted by Crippen LogP contribution is -2.52. The number of ether oxygens (including phenoxy) is 1. The predicted octanol–water partition coefficient (Wildman–Crippen LogP) is 1.92. The van der Waals surface area contributed by atoms with Crippen molar-refractivity contribution in [1.82, 2.24) is 14.8 Å². The first-order valence-corrected chi connectivity index (χ1v) is 10.5. The highest BCUT2D eigenvalue weighted by Gasteiger charge is 2.27. The Morgan fingerprint density at radius 1 is 1.32 bits per heavy atom. The maximum atomic E-state index is 12.7. The minimum absolute atomic E-state index is 0.235. The minimum atomic E-state index is 0.235. The number of aliphatic imine (C=N–C) groups is 1. The summed E-state index contributed by atoms with van der Waals surface area (Å²) in [5.74, 6) is 1.15. The van der Waals surface area contributed by atoms with Gasteiger partial charge >= 0.3 is 0 Å². The highest BCUT2D eigenvalue weighted by Crippen LogP contribution is 2.28. The zero-order valence-electron chi connectivity index (χ0n) is 17.0. The lowest BCUT2D eigenvalue weighted by molar-refractivity contribution is -0.133. The zero-order valence-corrected chi connectivity index (χ0v) is 17.0. The smallest absolute Gasteiger partial charge is 0.223 e. The normalized spacial score (nSPS) is 23.4. The van der Waals surface area contributed by atoms with Crippen molar-refractivity contribution in [2.75, 3.05) is 45.2 Å². The zero-order chi connectivity index (χ0) is 19.5. The number of fused-ring (bicyclic) bond motifs is 1. The van der Waals surface area contributed by atoms with Crippen LogP contribution in [0.1, 0.15) is 43.7 Å². The van der Waals surface area contributed by atoms with E-state index in [1.54, 1.807) is 0 Å². The maximum Gasteiger partial charge on any atom is 0.223 e. The van der Waals surface area contributed by atoms with Crippen LogP contribution in [0.5, 0.6) is 0 Å². The third kappa shape index (κ3) is 4.20. The second kappa shape index (κ2) is 8.57. The summed E-state index contributed by atoms with van der Waals surface area (Å²) in [5, 5.41) is 3.60. The average molecular weight is 386 g/mol. The largest absolute Gasteiger partial charge is 0.381 e. The molecule has 0 bridgehead atoms. The summed E-state index contributed by atoms with van der Waals surface area (Å²) in [6.45, 7) is 7.04. The van der Waals surface area contributed by atoms with Crippen LogP contribution in [0.25, 0.3) is 0 Å². The van der Waals surface area contributed by atoms with Gasteiger partial charge in [0.05, 0.1) is 6.54 Å². The molecule has 4 rings (SSSR count). The highest BCUT2D eigenvalue weighted by atomic mass is 16.5. The van der Waals surface area contributed by atoms with Crippen LogP contribution in [0.15, 0.2) is 17.3 Å². The van der Waals surface area contributed by atoms with Gasteiger partial charge in [-0.25, -0.2) is 4.98 Å². The number of pyridine rings is 1. The van der Waals surface area contributed by atoms with Gasteiger partial charge in [-0.1, -0.05) is 0 Å². The van der Waals surface area contributed by atoms with Crippen molar-refractivity contribution in [3.63, 3.8) is 0 Å². The number of rotatable bonds is 5. The Morgan fingerprint density at radius 3 is 2.93 bits per heavy atom. The van der Waals surface area contributed by atoms with E-state index in [4.69, 9.17) is 9.73 Å². The maximum absolute atomic E-state index is 12.7. The summed E-state index contributed by atoms with van der Waals surface area (Å²) < 4.78 is 5.46. The number of likely N-dealkylation sites (N-methyl/N-ethyl adjacent to an activating group) is 1. The molecular weight excluding hydrogens is 354 g/mol. The number of carbonyl (C=O) groups is 1. The molecule has 4 heterocycles. The van der Waals surface area contributed by atoms with E-state index in [9.17, 15) is 4.79 Å². The molecule has 1 N–H and O–H groups in total. The van der Waals surface area contributed by atoms with Crippen molar-refractivity contribution in [3.8, 4) is 0 Å². The van der Waals surface area contributed by atoms with Crippen molar-refractivity contribution >= 4 is 17.4 Å². The van der Waals surface area contributed by atoms with Gasteiger partial charge in [0, 0.05) is 68.8 Å². The second-order valence-electron chi connectivity index (χ2n) is 8.16. The molecule has 28 heavy (non-hydrogen) atoms. The SMILES string of the molecule is CC1CN(C(=O)CCC2=NCc3ccnc(NC4CCOCC4)c32)CCN1C. The van der Waals surface area contributed by atoms with Crippen LogP contribution < -0.4 is 5.32 Å². The Bertz CT molecular complexity index is 744. The van der Waals surface area contributed by atoms with Gasteiger partial charge in [0.1, 0.15) is 5.82 Å². The third-order valence-electron chi connectivity index (χ3n) is 6.22. The Kier molecular flexibility index (Phi) is 5.92. The van der Waals surface area contributed by atoms with Crippen LogP contribution in [0.2, 0.25) is 0 Å². The highest BCUT2D eigenvalue weighted by molar-refractivity contribution is 6.08. The number of nitrogens with one attached hydrogen (secondary N) is 1. The molecule has 1 aromatic heterocycles. The predicted molar refractivity (Wildman–Crippen MR) is 110 cm³/mol. The number of aromatic nitrogens is 1. The molecule has 3 aliphatic rings. The van der Waals surface area contributed by atoms with Gasteiger partial charge < -0.3 is 19.9 Å². The van der Waals surface area contributed by atoms with E-state index in [2.05, 4.69) is 29.2 Å². The van der Waals surface area contributed by atoms with Crippen LogP contribution in [0, 0.1) is 0 Å². The Balaban J connectivity index is 1.39. The lowest BCUT2D eigenvalue weighted by atomic mass is 10.0. The van der Waals surface area contributed by atoms with E-state index >= 15 is 0 Å². The first-order chi connectivity index (χ1) is 13.6. The van der Waals surface area contributed by atoms with Crippen LogP contribution in [-0.4, -0.2) is 78.4 Å². The van der Waals surface area contributed by atoms with Crippen LogP contribution in [0.3, 0.4) is 0 Å². The molecule has 0 saturated carbocycles. The molecule has 3 aliphatic heterocycles. The molecule has 7 heteroatoms. The van der Waals surface area contributed by atoms with Gasteiger partial charge in [-0.15, -0.1) is 0 Å². The number of piperazine rings is 1. The monoisotopic (exact) mass is 385 g/mol. The standard InChI is InChI=1S/C21H31N5O2/c1-15-14-26(10-9-25(15)2)19(27)4-3-18-20-16(13-23-18)5-8-22-21(20)24-17-6-11-28-12-7-17/h5,8,15,17H,3-4,6-7,9-14H2,1-2H3,(H,22,24). The van der Waals surface area contributed by atoms with E-state index in [1.165, 1.54) is 5.56 Å². The van der Waals surface area contributed by atoms with Crippen LogP contribution in [-0.2, 0) is 16.1 Å². The summed E-state index contributed by atoms with van der Waals surface area (Å²) in [4.78, 5) is 26.4. The topological polar surface area (TPSA) is 70.1 Å². The van der Waals surface area contributed by atoms with Crippen molar-refractivity contribution in [2.24, 2.45) is 4.99 Å². The minimum Gasteiger partial charge on any atom is -0.381 e. The lowest BCUT2D eigenvalue weighted by Gasteiger charge is -2.37. The van der Waals surface area contributed by atoms with Crippen molar-refractivity contribution in [1.29, 1.82) is 0 Å². The number of amides is 1. The van der Waals surface area contributed by atoms with Gasteiger partial charge in [-0.3, -0.25) is 9.79 Å². The number of hydrogen-bond donors (Lipinski definition) is 1. The Labute approximate surface area is 167 Å². The average Bonchev–Trinajstić information content (AvgIpc) is 3.13. The summed E-state index contributed by atoms with van der Waals surface area (Å²) >= 11 is 0. The van der Waals surface area contributed by atoms with Crippen LogP contribution in [0.4, 0.5) is 5.82 Å². The summed E-state index contributed by atoms with van der Waals surface area (Å²) in [7, 11) is 2.12. The van der Waals surface area contributed by atoms with Crippen molar-refractivity contribution in [3.05, 3.63) is 23.4 Å². The molecule has 152 valence electrons. The fourth-order valence-corrected chi connectivity index (χ4v) is 4.22. The van der Waals surface area contributed by atoms with Gasteiger partial charge in [0.2, 0.25) is 5.91 Å².